The maximum atomic E-state index is 12.8. The summed E-state index contributed by atoms with van der Waals surface area (Å²) in [6, 6.07) is 8.47. The summed E-state index contributed by atoms with van der Waals surface area (Å²) in [4.78, 5) is 14.8. The van der Waals surface area contributed by atoms with E-state index in [1.807, 2.05) is 4.90 Å². The molecular formula is C16H21ClN2O. The predicted octanol–water partition coefficient (Wildman–Crippen LogP) is 2.32. The van der Waals surface area contributed by atoms with Gasteiger partial charge in [0.1, 0.15) is 0 Å². The molecule has 4 unspecified atom stereocenters. The molecule has 0 saturated heterocycles. The summed E-state index contributed by atoms with van der Waals surface area (Å²) in [5.74, 6) is 1.55. The molecule has 1 aromatic rings. The summed E-state index contributed by atoms with van der Waals surface area (Å²) < 4.78 is 0. The lowest BCUT2D eigenvalue weighted by Crippen LogP contribution is -2.45. The molecule has 4 heteroatoms. The van der Waals surface area contributed by atoms with Crippen LogP contribution >= 0.6 is 12.4 Å². The number of benzene rings is 1. The van der Waals surface area contributed by atoms with Crippen LogP contribution in [0.3, 0.4) is 0 Å². The van der Waals surface area contributed by atoms with E-state index in [1.54, 1.807) is 0 Å². The Balaban J connectivity index is 0.00000121. The molecule has 2 saturated carbocycles. The zero-order chi connectivity index (χ0) is 13.0. The molecule has 0 spiro atoms. The van der Waals surface area contributed by atoms with Gasteiger partial charge in [-0.15, -0.1) is 12.4 Å². The first kappa shape index (κ1) is 13.9. The highest BCUT2D eigenvalue weighted by Gasteiger charge is 2.50. The van der Waals surface area contributed by atoms with E-state index in [4.69, 9.17) is 5.73 Å². The van der Waals surface area contributed by atoms with Crippen LogP contribution in [0.4, 0.5) is 0 Å². The minimum Gasteiger partial charge on any atom is -0.334 e. The molecular weight excluding hydrogens is 272 g/mol. The Bertz CT molecular complexity index is 506. The number of hydrogen-bond donors (Lipinski definition) is 1. The second-order valence-corrected chi connectivity index (χ2v) is 6.40. The smallest absolute Gasteiger partial charge is 0.228 e. The Morgan fingerprint density at radius 1 is 1.10 bits per heavy atom. The fourth-order valence-corrected chi connectivity index (χ4v) is 4.40. The molecule has 4 atom stereocenters. The predicted molar refractivity (Wildman–Crippen MR) is 80.2 cm³/mol. The summed E-state index contributed by atoms with van der Waals surface area (Å²) in [5.41, 5.74) is 8.89. The summed E-state index contributed by atoms with van der Waals surface area (Å²) >= 11 is 0. The van der Waals surface area contributed by atoms with E-state index in [0.29, 0.717) is 17.7 Å². The molecule has 2 bridgehead atoms. The largest absolute Gasteiger partial charge is 0.334 e. The van der Waals surface area contributed by atoms with Crippen molar-refractivity contribution in [1.82, 2.24) is 4.90 Å². The summed E-state index contributed by atoms with van der Waals surface area (Å²) in [5, 5.41) is 0. The summed E-state index contributed by atoms with van der Waals surface area (Å²) in [6.07, 6.45) is 3.61. The fourth-order valence-electron chi connectivity index (χ4n) is 4.40. The van der Waals surface area contributed by atoms with Gasteiger partial charge in [-0.2, -0.15) is 0 Å². The number of nitrogens with two attached hydrogens (primary N) is 1. The summed E-state index contributed by atoms with van der Waals surface area (Å²) in [6.45, 7) is 1.55. The molecule has 1 amide bonds. The summed E-state index contributed by atoms with van der Waals surface area (Å²) in [7, 11) is 0. The standard InChI is InChI=1S/C16H20N2O.ClH/c17-15-11-6-5-10(7-11)14(15)16(19)18-8-12-3-1-2-4-13(12)9-18;/h1-4,10-11,14-15H,5-9,17H2;1H. The molecule has 2 N–H and O–H groups in total. The molecule has 20 heavy (non-hydrogen) atoms. The zero-order valence-electron chi connectivity index (χ0n) is 11.5. The van der Waals surface area contributed by atoms with Crippen molar-refractivity contribution >= 4 is 18.3 Å². The SMILES string of the molecule is Cl.NC1C2CCC(C2)C1C(=O)N1Cc2ccccc2C1. The quantitative estimate of drug-likeness (QED) is 0.863. The Hall–Kier alpha value is -1.06. The number of fused-ring (bicyclic) bond motifs is 3. The van der Waals surface area contributed by atoms with Crippen molar-refractivity contribution in [3.8, 4) is 0 Å². The van der Waals surface area contributed by atoms with Crippen LogP contribution in [-0.4, -0.2) is 16.8 Å². The first-order chi connectivity index (χ1) is 9.24. The van der Waals surface area contributed by atoms with Crippen molar-refractivity contribution in [1.29, 1.82) is 0 Å². The molecule has 4 rings (SSSR count). The van der Waals surface area contributed by atoms with Gasteiger partial charge in [0.2, 0.25) is 5.91 Å². The minimum atomic E-state index is 0. The van der Waals surface area contributed by atoms with Crippen LogP contribution in [0, 0.1) is 17.8 Å². The lowest BCUT2D eigenvalue weighted by Gasteiger charge is -2.30. The first-order valence-electron chi connectivity index (χ1n) is 7.35. The molecule has 1 heterocycles. The first-order valence-corrected chi connectivity index (χ1v) is 7.35. The van der Waals surface area contributed by atoms with Crippen molar-refractivity contribution in [2.24, 2.45) is 23.5 Å². The Kier molecular flexibility index (Phi) is 3.51. The van der Waals surface area contributed by atoms with Gasteiger partial charge < -0.3 is 10.6 Å². The van der Waals surface area contributed by atoms with Crippen LogP contribution in [0.5, 0.6) is 0 Å². The lowest BCUT2D eigenvalue weighted by molar-refractivity contribution is -0.138. The van der Waals surface area contributed by atoms with Crippen molar-refractivity contribution in [3.05, 3.63) is 35.4 Å². The van der Waals surface area contributed by atoms with Gasteiger partial charge in [0.15, 0.2) is 0 Å². The Morgan fingerprint density at radius 3 is 2.25 bits per heavy atom. The van der Waals surface area contributed by atoms with Crippen LogP contribution < -0.4 is 5.73 Å². The van der Waals surface area contributed by atoms with E-state index in [0.717, 1.165) is 13.1 Å². The normalized spacial score (nSPS) is 34.0. The Morgan fingerprint density at radius 2 is 1.70 bits per heavy atom. The average Bonchev–Trinajstić information content (AvgIpc) is 3.11. The number of carbonyl (C=O) groups is 1. The molecule has 1 aromatic carbocycles. The van der Waals surface area contributed by atoms with Gasteiger partial charge in [-0.1, -0.05) is 24.3 Å². The molecule has 2 aliphatic carbocycles. The van der Waals surface area contributed by atoms with Gasteiger partial charge >= 0.3 is 0 Å². The molecule has 3 aliphatic rings. The topological polar surface area (TPSA) is 46.3 Å². The van der Waals surface area contributed by atoms with Crippen LogP contribution in [0.1, 0.15) is 30.4 Å². The molecule has 0 radical (unpaired) electrons. The van der Waals surface area contributed by atoms with Crippen LogP contribution in [0.15, 0.2) is 24.3 Å². The third-order valence-electron chi connectivity index (χ3n) is 5.42. The number of hydrogen-bond acceptors (Lipinski definition) is 2. The molecule has 3 nitrogen and oxygen atoms in total. The third kappa shape index (κ3) is 1.95. The van der Waals surface area contributed by atoms with Gasteiger partial charge in [0.25, 0.3) is 0 Å². The second kappa shape index (κ2) is 5.05. The van der Waals surface area contributed by atoms with Crippen molar-refractivity contribution < 1.29 is 4.79 Å². The number of halogens is 1. The third-order valence-corrected chi connectivity index (χ3v) is 5.42. The minimum absolute atomic E-state index is 0. The second-order valence-electron chi connectivity index (χ2n) is 6.40. The maximum Gasteiger partial charge on any atom is 0.228 e. The van der Waals surface area contributed by atoms with Crippen molar-refractivity contribution in [3.63, 3.8) is 0 Å². The maximum absolute atomic E-state index is 12.8. The van der Waals surface area contributed by atoms with Gasteiger partial charge in [0.05, 0.1) is 5.92 Å². The highest BCUT2D eigenvalue weighted by molar-refractivity contribution is 5.85. The number of amides is 1. The van der Waals surface area contributed by atoms with Crippen molar-refractivity contribution in [2.45, 2.75) is 38.4 Å². The van der Waals surface area contributed by atoms with E-state index in [2.05, 4.69) is 24.3 Å². The van der Waals surface area contributed by atoms with E-state index >= 15 is 0 Å². The fraction of sp³-hybridized carbons (Fsp3) is 0.562. The number of carbonyl (C=O) groups excluding carboxylic acids is 1. The monoisotopic (exact) mass is 292 g/mol. The van der Waals surface area contributed by atoms with Gasteiger partial charge in [-0.25, -0.2) is 0 Å². The molecule has 2 fully saturated rings. The molecule has 0 aromatic heterocycles. The highest BCUT2D eigenvalue weighted by atomic mass is 35.5. The van der Waals surface area contributed by atoms with Crippen LogP contribution in [0.2, 0.25) is 0 Å². The number of nitrogens with zero attached hydrogens (tertiary/aromatic N) is 1. The van der Waals surface area contributed by atoms with Gasteiger partial charge in [0, 0.05) is 19.1 Å². The molecule has 108 valence electrons. The lowest BCUT2D eigenvalue weighted by atomic mass is 9.84. The average molecular weight is 293 g/mol. The molecule has 1 aliphatic heterocycles. The van der Waals surface area contributed by atoms with Crippen LogP contribution in [0.25, 0.3) is 0 Å². The van der Waals surface area contributed by atoms with Gasteiger partial charge in [-0.3, -0.25) is 4.79 Å². The Labute approximate surface area is 125 Å². The van der Waals surface area contributed by atoms with E-state index < -0.39 is 0 Å². The highest BCUT2D eigenvalue weighted by Crippen LogP contribution is 2.48. The van der Waals surface area contributed by atoms with Gasteiger partial charge in [-0.05, 0) is 42.2 Å². The number of rotatable bonds is 1. The van der Waals surface area contributed by atoms with Crippen molar-refractivity contribution in [2.75, 3.05) is 0 Å². The van der Waals surface area contributed by atoms with E-state index in [9.17, 15) is 4.79 Å². The van der Waals surface area contributed by atoms with E-state index in [1.165, 1.54) is 30.4 Å². The zero-order valence-corrected chi connectivity index (χ0v) is 12.3. The van der Waals surface area contributed by atoms with E-state index in [-0.39, 0.29) is 24.4 Å². The van der Waals surface area contributed by atoms with Crippen LogP contribution in [-0.2, 0) is 17.9 Å².